The Labute approximate surface area is 157 Å². The van der Waals surface area contributed by atoms with E-state index in [1.165, 1.54) is 10.9 Å². The van der Waals surface area contributed by atoms with Crippen LogP contribution in [0.1, 0.15) is 0 Å². The highest BCUT2D eigenvalue weighted by Gasteiger charge is 2.09. The van der Waals surface area contributed by atoms with E-state index >= 15 is 0 Å². The highest BCUT2D eigenvalue weighted by molar-refractivity contribution is 5.78. The van der Waals surface area contributed by atoms with Gasteiger partial charge in [0.2, 0.25) is 6.79 Å². The van der Waals surface area contributed by atoms with E-state index in [0.29, 0.717) is 6.79 Å². The number of H-pyrrole nitrogens is 1. The summed E-state index contributed by atoms with van der Waals surface area (Å²) >= 11 is 0. The lowest BCUT2D eigenvalue weighted by Crippen LogP contribution is -1.92. The van der Waals surface area contributed by atoms with E-state index in [4.69, 9.17) is 13.9 Å². The van der Waals surface area contributed by atoms with Crippen LogP contribution in [-0.4, -0.2) is 11.8 Å². The van der Waals surface area contributed by atoms with E-state index < -0.39 is 0 Å². The van der Waals surface area contributed by atoms with Crippen LogP contribution >= 0.6 is 0 Å². The Morgan fingerprint density at radius 2 is 1.30 bits per heavy atom. The molecule has 0 saturated heterocycles. The second-order valence-corrected chi connectivity index (χ2v) is 5.88. The van der Waals surface area contributed by atoms with Crippen molar-refractivity contribution in [2.24, 2.45) is 0 Å². The van der Waals surface area contributed by atoms with Crippen molar-refractivity contribution in [2.45, 2.75) is 0 Å². The van der Waals surface area contributed by atoms with Gasteiger partial charge in [0, 0.05) is 17.1 Å². The van der Waals surface area contributed by atoms with Crippen molar-refractivity contribution in [3.05, 3.63) is 97.4 Å². The molecule has 0 fully saturated rings. The lowest BCUT2D eigenvalue weighted by Gasteiger charge is -1.89. The number of furan rings is 1. The number of nitrogens with one attached hydrogen (secondary N) is 1. The molecule has 2 aromatic heterocycles. The van der Waals surface area contributed by atoms with Gasteiger partial charge in [-0.05, 0) is 41.8 Å². The molecule has 0 radical (unpaired) electrons. The third-order valence-electron chi connectivity index (χ3n) is 4.10. The smallest absolute Gasteiger partial charge is 0.231 e. The number of aromatic amines is 1. The highest BCUT2D eigenvalue weighted by Crippen LogP contribution is 2.30. The van der Waals surface area contributed by atoms with Gasteiger partial charge in [-0.1, -0.05) is 48.5 Å². The van der Waals surface area contributed by atoms with Crippen molar-refractivity contribution in [1.82, 2.24) is 4.98 Å². The van der Waals surface area contributed by atoms with Crippen LogP contribution in [0.4, 0.5) is 0 Å². The monoisotopic (exact) mass is 357 g/mol. The molecule has 0 spiro atoms. The molecule has 134 valence electrons. The number of hydrogen-bond donors (Lipinski definition) is 1. The summed E-state index contributed by atoms with van der Waals surface area (Å²) in [6.45, 7) is 0.360. The maximum Gasteiger partial charge on any atom is 0.231 e. The summed E-state index contributed by atoms with van der Waals surface area (Å²) in [5, 5.41) is 2.44. The number of benzene rings is 3. The fourth-order valence-corrected chi connectivity index (χ4v) is 2.75. The molecule has 5 aromatic rings. The molecule has 3 heterocycles. The molecule has 0 amide bonds. The number of hydrogen-bond acceptors (Lipinski definition) is 3. The number of para-hydroxylation sites is 4. The van der Waals surface area contributed by atoms with Gasteiger partial charge in [0.05, 0.1) is 6.26 Å². The largest absolute Gasteiger partial charge is 0.464 e. The quantitative estimate of drug-likeness (QED) is 0.369. The third kappa shape index (κ3) is 4.12. The fourth-order valence-electron chi connectivity index (χ4n) is 2.75. The van der Waals surface area contributed by atoms with Gasteiger partial charge < -0.3 is 18.9 Å². The van der Waals surface area contributed by atoms with Crippen LogP contribution in [0.15, 0.2) is 102 Å². The zero-order valence-electron chi connectivity index (χ0n) is 14.7. The molecule has 0 unspecified atom stereocenters. The standard InChI is InChI=1S/C8H7N.C8H6O.C7H6O2/c2*1-2-4-8-7(3-1)5-6-9-8;1-2-4-7-6(3-1)8-5-9-7/h1-6,9H;1-6H;1-4H,5H2. The Balaban J connectivity index is 0.0000001000. The Kier molecular flexibility index (Phi) is 5.07. The minimum Gasteiger partial charge on any atom is -0.464 e. The van der Waals surface area contributed by atoms with Gasteiger partial charge in [0.1, 0.15) is 5.58 Å². The van der Waals surface area contributed by atoms with Crippen LogP contribution in [0.2, 0.25) is 0 Å². The third-order valence-corrected chi connectivity index (χ3v) is 4.10. The Hall–Kier alpha value is -3.66. The van der Waals surface area contributed by atoms with E-state index in [0.717, 1.165) is 22.5 Å². The lowest BCUT2D eigenvalue weighted by molar-refractivity contribution is 0.174. The van der Waals surface area contributed by atoms with E-state index in [9.17, 15) is 0 Å². The second-order valence-electron chi connectivity index (χ2n) is 5.88. The molecule has 0 atom stereocenters. The molecule has 4 nitrogen and oxygen atoms in total. The van der Waals surface area contributed by atoms with Crippen molar-refractivity contribution in [3.8, 4) is 11.5 Å². The van der Waals surface area contributed by atoms with Crippen LogP contribution in [0, 0.1) is 0 Å². The topological polar surface area (TPSA) is 47.4 Å². The molecule has 1 aliphatic rings. The predicted molar refractivity (Wildman–Crippen MR) is 107 cm³/mol. The molecule has 6 rings (SSSR count). The number of rotatable bonds is 0. The highest BCUT2D eigenvalue weighted by atomic mass is 16.7. The SMILES string of the molecule is c1ccc2[nH]ccc2c1.c1ccc2c(c1)OCO2.c1ccc2occc2c1. The van der Waals surface area contributed by atoms with E-state index in [1.54, 1.807) is 6.26 Å². The summed E-state index contributed by atoms with van der Waals surface area (Å²) in [5.74, 6) is 1.69. The first-order valence-electron chi connectivity index (χ1n) is 8.69. The van der Waals surface area contributed by atoms with Crippen LogP contribution in [0.25, 0.3) is 21.9 Å². The maximum absolute atomic E-state index is 5.12. The van der Waals surface area contributed by atoms with E-state index in [-0.39, 0.29) is 0 Å². The Morgan fingerprint density at radius 1 is 0.630 bits per heavy atom. The molecular formula is C23H19NO3. The van der Waals surface area contributed by atoms with Gasteiger partial charge in [-0.25, -0.2) is 0 Å². The normalized spacial score (nSPS) is 11.4. The molecule has 0 bridgehead atoms. The molecule has 1 aliphatic heterocycles. The lowest BCUT2D eigenvalue weighted by atomic mass is 10.3. The van der Waals surface area contributed by atoms with Gasteiger partial charge in [0.25, 0.3) is 0 Å². The molecule has 0 aliphatic carbocycles. The molecule has 3 aromatic carbocycles. The van der Waals surface area contributed by atoms with Gasteiger partial charge >= 0.3 is 0 Å². The van der Waals surface area contributed by atoms with Crippen molar-refractivity contribution in [2.75, 3.05) is 6.79 Å². The maximum atomic E-state index is 5.12. The number of aromatic nitrogens is 1. The molecule has 0 saturated carbocycles. The van der Waals surface area contributed by atoms with E-state index in [2.05, 4.69) is 23.2 Å². The van der Waals surface area contributed by atoms with Crippen molar-refractivity contribution in [1.29, 1.82) is 0 Å². The van der Waals surface area contributed by atoms with Crippen LogP contribution in [0.5, 0.6) is 11.5 Å². The zero-order valence-corrected chi connectivity index (χ0v) is 14.7. The van der Waals surface area contributed by atoms with Crippen molar-refractivity contribution in [3.63, 3.8) is 0 Å². The summed E-state index contributed by atoms with van der Waals surface area (Å²) in [5.41, 5.74) is 2.16. The first kappa shape index (κ1) is 16.8. The summed E-state index contributed by atoms with van der Waals surface area (Å²) in [6, 6.07) is 27.8. The van der Waals surface area contributed by atoms with E-state index in [1.807, 2.05) is 72.9 Å². The first-order chi connectivity index (χ1) is 13.4. The molecule has 1 N–H and O–H groups in total. The minimum atomic E-state index is 0.360. The summed E-state index contributed by atoms with van der Waals surface area (Å²) in [6.07, 6.45) is 3.65. The molecule has 4 heteroatoms. The fraction of sp³-hybridized carbons (Fsp3) is 0.0435. The first-order valence-corrected chi connectivity index (χ1v) is 8.69. The van der Waals surface area contributed by atoms with Crippen molar-refractivity contribution >= 4 is 21.9 Å². The van der Waals surface area contributed by atoms with Gasteiger partial charge in [-0.3, -0.25) is 0 Å². The minimum absolute atomic E-state index is 0.360. The average Bonchev–Trinajstić information content (AvgIpc) is 3.48. The van der Waals surface area contributed by atoms with Crippen LogP contribution < -0.4 is 9.47 Å². The predicted octanol–water partition coefficient (Wildman–Crippen LogP) is 6.02. The Bertz CT molecular complexity index is 977. The summed E-state index contributed by atoms with van der Waals surface area (Å²) in [7, 11) is 0. The zero-order chi connectivity index (χ0) is 18.3. The average molecular weight is 357 g/mol. The van der Waals surface area contributed by atoms with Gasteiger partial charge in [-0.2, -0.15) is 0 Å². The molecule has 27 heavy (non-hydrogen) atoms. The molecular weight excluding hydrogens is 338 g/mol. The number of ether oxygens (including phenoxy) is 2. The van der Waals surface area contributed by atoms with Crippen molar-refractivity contribution < 1.29 is 13.9 Å². The second kappa shape index (κ2) is 8.15. The summed E-state index contributed by atoms with van der Waals surface area (Å²) < 4.78 is 15.3. The Morgan fingerprint density at radius 3 is 2.04 bits per heavy atom. The van der Waals surface area contributed by atoms with Gasteiger partial charge in [-0.15, -0.1) is 0 Å². The van der Waals surface area contributed by atoms with Crippen LogP contribution in [-0.2, 0) is 0 Å². The van der Waals surface area contributed by atoms with Gasteiger partial charge in [0.15, 0.2) is 11.5 Å². The number of fused-ring (bicyclic) bond motifs is 3. The summed E-state index contributed by atoms with van der Waals surface area (Å²) in [4.78, 5) is 3.12. The van der Waals surface area contributed by atoms with Crippen LogP contribution in [0.3, 0.4) is 0 Å².